The predicted molar refractivity (Wildman–Crippen MR) is 72.2 cm³/mol. The molecule has 3 nitrogen and oxygen atoms in total. The SMILES string of the molecule is Cc1cc(O)c(C)c(C)c1C(=O)C1CCNCC1. The van der Waals surface area contributed by atoms with Gasteiger partial charge in [0, 0.05) is 11.5 Å². The molecule has 18 heavy (non-hydrogen) atoms. The summed E-state index contributed by atoms with van der Waals surface area (Å²) in [5, 5.41) is 13.1. The number of carbonyl (C=O) groups is 1. The summed E-state index contributed by atoms with van der Waals surface area (Å²) in [6.07, 6.45) is 1.83. The number of phenols is 1. The van der Waals surface area contributed by atoms with E-state index in [-0.39, 0.29) is 17.5 Å². The Morgan fingerprint density at radius 3 is 2.44 bits per heavy atom. The number of aryl methyl sites for hydroxylation is 1. The van der Waals surface area contributed by atoms with Crippen molar-refractivity contribution in [3.8, 4) is 5.75 Å². The first-order chi connectivity index (χ1) is 8.52. The van der Waals surface area contributed by atoms with Crippen molar-refractivity contribution in [2.75, 3.05) is 13.1 Å². The second-order valence-electron chi connectivity index (χ2n) is 5.23. The Labute approximate surface area is 108 Å². The lowest BCUT2D eigenvalue weighted by atomic mass is 9.84. The van der Waals surface area contributed by atoms with Gasteiger partial charge in [-0.05, 0) is 69.5 Å². The standard InChI is InChI=1S/C15H21NO2/c1-9-8-13(17)10(2)11(3)14(9)15(18)12-4-6-16-7-5-12/h8,12,16-17H,4-7H2,1-3H3. The molecular weight excluding hydrogens is 226 g/mol. The number of phenolic OH excluding ortho intramolecular Hbond substituents is 1. The van der Waals surface area contributed by atoms with E-state index < -0.39 is 0 Å². The molecule has 0 aromatic heterocycles. The zero-order valence-corrected chi connectivity index (χ0v) is 11.3. The van der Waals surface area contributed by atoms with Crippen LogP contribution in [0, 0.1) is 26.7 Å². The van der Waals surface area contributed by atoms with Crippen LogP contribution in [0.2, 0.25) is 0 Å². The van der Waals surface area contributed by atoms with Crippen LogP contribution in [-0.4, -0.2) is 24.0 Å². The molecule has 98 valence electrons. The maximum atomic E-state index is 12.6. The van der Waals surface area contributed by atoms with Crippen LogP contribution in [0.3, 0.4) is 0 Å². The molecule has 0 bridgehead atoms. The van der Waals surface area contributed by atoms with Gasteiger partial charge in [0.2, 0.25) is 0 Å². The summed E-state index contributed by atoms with van der Waals surface area (Å²) < 4.78 is 0. The normalized spacial score (nSPS) is 16.8. The molecule has 0 saturated carbocycles. The van der Waals surface area contributed by atoms with E-state index in [9.17, 15) is 9.90 Å². The zero-order valence-electron chi connectivity index (χ0n) is 11.3. The van der Waals surface area contributed by atoms with Crippen molar-refractivity contribution in [1.29, 1.82) is 0 Å². The summed E-state index contributed by atoms with van der Waals surface area (Å²) >= 11 is 0. The second-order valence-corrected chi connectivity index (χ2v) is 5.23. The third kappa shape index (κ3) is 2.27. The van der Waals surface area contributed by atoms with Crippen molar-refractivity contribution in [3.05, 3.63) is 28.3 Å². The second kappa shape index (κ2) is 5.11. The van der Waals surface area contributed by atoms with Gasteiger partial charge in [0.25, 0.3) is 0 Å². The number of ketones is 1. The fourth-order valence-corrected chi connectivity index (χ4v) is 2.73. The Kier molecular flexibility index (Phi) is 3.71. The van der Waals surface area contributed by atoms with Crippen molar-refractivity contribution < 1.29 is 9.90 Å². The van der Waals surface area contributed by atoms with Gasteiger partial charge in [-0.2, -0.15) is 0 Å². The summed E-state index contributed by atoms with van der Waals surface area (Å²) in [7, 11) is 0. The summed E-state index contributed by atoms with van der Waals surface area (Å²) in [6, 6.07) is 1.71. The Morgan fingerprint density at radius 1 is 1.22 bits per heavy atom. The van der Waals surface area contributed by atoms with Gasteiger partial charge in [-0.3, -0.25) is 4.79 Å². The Morgan fingerprint density at radius 2 is 1.83 bits per heavy atom. The molecular formula is C15H21NO2. The fourth-order valence-electron chi connectivity index (χ4n) is 2.73. The number of hydrogen-bond acceptors (Lipinski definition) is 3. The summed E-state index contributed by atoms with van der Waals surface area (Å²) in [5.41, 5.74) is 3.45. The Hall–Kier alpha value is -1.35. The molecule has 0 aliphatic carbocycles. The molecule has 2 rings (SSSR count). The zero-order chi connectivity index (χ0) is 13.3. The first-order valence-corrected chi connectivity index (χ1v) is 6.57. The highest BCUT2D eigenvalue weighted by molar-refractivity contribution is 6.01. The van der Waals surface area contributed by atoms with E-state index in [1.807, 2.05) is 20.8 Å². The third-order valence-corrected chi connectivity index (χ3v) is 4.03. The Bertz CT molecular complexity index is 474. The number of carbonyl (C=O) groups excluding carboxylic acids is 1. The van der Waals surface area contributed by atoms with Crippen LogP contribution in [0.4, 0.5) is 0 Å². The van der Waals surface area contributed by atoms with Crippen LogP contribution in [-0.2, 0) is 0 Å². The van der Waals surface area contributed by atoms with Gasteiger partial charge in [0.05, 0.1) is 0 Å². The molecule has 1 saturated heterocycles. The molecule has 1 fully saturated rings. The van der Waals surface area contributed by atoms with Crippen LogP contribution in [0.15, 0.2) is 6.07 Å². The lowest BCUT2D eigenvalue weighted by molar-refractivity contribution is 0.0893. The van der Waals surface area contributed by atoms with Gasteiger partial charge in [0.15, 0.2) is 5.78 Å². The minimum absolute atomic E-state index is 0.132. The van der Waals surface area contributed by atoms with Gasteiger partial charge in [0.1, 0.15) is 5.75 Å². The Balaban J connectivity index is 2.38. The van der Waals surface area contributed by atoms with Crippen LogP contribution < -0.4 is 5.32 Å². The lowest BCUT2D eigenvalue weighted by Crippen LogP contribution is -2.32. The van der Waals surface area contributed by atoms with Gasteiger partial charge >= 0.3 is 0 Å². The molecule has 3 heteroatoms. The quantitative estimate of drug-likeness (QED) is 0.789. The molecule has 0 spiro atoms. The highest BCUT2D eigenvalue weighted by Crippen LogP contribution is 2.29. The maximum Gasteiger partial charge on any atom is 0.166 e. The molecule has 1 heterocycles. The topological polar surface area (TPSA) is 49.3 Å². The summed E-state index contributed by atoms with van der Waals surface area (Å²) in [4.78, 5) is 12.6. The number of rotatable bonds is 2. The van der Waals surface area contributed by atoms with Crippen LogP contribution >= 0.6 is 0 Å². The molecule has 0 radical (unpaired) electrons. The van der Waals surface area contributed by atoms with E-state index in [2.05, 4.69) is 5.32 Å². The molecule has 1 aromatic carbocycles. The van der Waals surface area contributed by atoms with Crippen molar-refractivity contribution >= 4 is 5.78 Å². The monoisotopic (exact) mass is 247 g/mol. The largest absolute Gasteiger partial charge is 0.508 e. The number of hydrogen-bond donors (Lipinski definition) is 2. The highest BCUT2D eigenvalue weighted by Gasteiger charge is 2.25. The average molecular weight is 247 g/mol. The van der Waals surface area contributed by atoms with Crippen molar-refractivity contribution in [3.63, 3.8) is 0 Å². The molecule has 0 atom stereocenters. The van der Waals surface area contributed by atoms with Gasteiger partial charge in [-0.1, -0.05) is 0 Å². The summed E-state index contributed by atoms with van der Waals surface area (Å²) in [5.74, 6) is 0.661. The van der Waals surface area contributed by atoms with E-state index in [1.165, 1.54) is 0 Å². The van der Waals surface area contributed by atoms with E-state index >= 15 is 0 Å². The van der Waals surface area contributed by atoms with Crippen LogP contribution in [0.5, 0.6) is 5.75 Å². The molecule has 0 amide bonds. The van der Waals surface area contributed by atoms with Gasteiger partial charge in [-0.15, -0.1) is 0 Å². The number of benzene rings is 1. The van der Waals surface area contributed by atoms with Crippen LogP contribution in [0.1, 0.15) is 39.9 Å². The lowest BCUT2D eigenvalue weighted by Gasteiger charge is -2.23. The van der Waals surface area contributed by atoms with Crippen molar-refractivity contribution in [2.24, 2.45) is 5.92 Å². The fraction of sp³-hybridized carbons (Fsp3) is 0.533. The van der Waals surface area contributed by atoms with E-state index in [1.54, 1.807) is 6.07 Å². The molecule has 0 unspecified atom stereocenters. The number of piperidine rings is 1. The average Bonchev–Trinajstić information content (AvgIpc) is 2.37. The molecule has 1 aromatic rings. The molecule has 1 aliphatic rings. The van der Waals surface area contributed by atoms with Gasteiger partial charge < -0.3 is 10.4 Å². The van der Waals surface area contributed by atoms with E-state index in [0.717, 1.165) is 48.2 Å². The minimum Gasteiger partial charge on any atom is -0.508 e. The number of Topliss-reactive ketones (excluding diaryl/α,β-unsaturated/α-hetero) is 1. The highest BCUT2D eigenvalue weighted by atomic mass is 16.3. The first-order valence-electron chi connectivity index (χ1n) is 6.57. The predicted octanol–water partition coefficient (Wildman–Crippen LogP) is 2.50. The van der Waals surface area contributed by atoms with Crippen molar-refractivity contribution in [1.82, 2.24) is 5.32 Å². The number of nitrogens with one attached hydrogen (secondary N) is 1. The molecule has 2 N–H and O–H groups in total. The minimum atomic E-state index is 0.132. The van der Waals surface area contributed by atoms with E-state index in [4.69, 9.17) is 0 Å². The third-order valence-electron chi connectivity index (χ3n) is 4.03. The first kappa shape index (κ1) is 13.1. The summed E-state index contributed by atoms with van der Waals surface area (Å²) in [6.45, 7) is 7.54. The van der Waals surface area contributed by atoms with Gasteiger partial charge in [-0.25, -0.2) is 0 Å². The van der Waals surface area contributed by atoms with Crippen molar-refractivity contribution in [2.45, 2.75) is 33.6 Å². The maximum absolute atomic E-state index is 12.6. The number of aromatic hydroxyl groups is 1. The van der Waals surface area contributed by atoms with Crippen LogP contribution in [0.25, 0.3) is 0 Å². The molecule has 1 aliphatic heterocycles. The van der Waals surface area contributed by atoms with E-state index in [0.29, 0.717) is 0 Å². The smallest absolute Gasteiger partial charge is 0.166 e.